The van der Waals surface area contributed by atoms with Crippen molar-refractivity contribution in [1.29, 1.82) is 0 Å². The van der Waals surface area contributed by atoms with E-state index in [4.69, 9.17) is 5.11 Å². The van der Waals surface area contributed by atoms with Gasteiger partial charge in [-0.15, -0.1) is 0 Å². The fourth-order valence-electron chi connectivity index (χ4n) is 1.03. The van der Waals surface area contributed by atoms with Crippen LogP contribution in [-0.2, 0) is 6.42 Å². The molecular weight excluding hydrogens is 220 g/mol. The van der Waals surface area contributed by atoms with Gasteiger partial charge in [0.25, 0.3) is 0 Å². The Morgan fingerprint density at radius 3 is 2.67 bits per heavy atom. The number of halogens is 1. The molecule has 1 atom stereocenters. The monoisotopic (exact) mass is 230 g/mol. The van der Waals surface area contributed by atoms with Gasteiger partial charge in [0.2, 0.25) is 0 Å². The minimum atomic E-state index is -0.419. The van der Waals surface area contributed by atoms with Gasteiger partial charge in [0.1, 0.15) is 5.75 Å². The molecule has 2 nitrogen and oxygen atoms in total. The van der Waals surface area contributed by atoms with E-state index >= 15 is 0 Å². The number of phenolic OH excluding ortho intramolecular Hbond substituents is 1. The zero-order chi connectivity index (χ0) is 9.14. The summed E-state index contributed by atoms with van der Waals surface area (Å²) in [4.78, 5) is 0. The van der Waals surface area contributed by atoms with Crippen LogP contribution < -0.4 is 0 Å². The molecule has 0 fully saturated rings. The van der Waals surface area contributed by atoms with E-state index in [1.54, 1.807) is 19.1 Å². The largest absolute Gasteiger partial charge is 0.508 e. The molecule has 1 aromatic rings. The molecule has 0 aliphatic heterocycles. The van der Waals surface area contributed by atoms with Gasteiger partial charge in [-0.1, -0.05) is 22.0 Å². The van der Waals surface area contributed by atoms with Crippen molar-refractivity contribution in [2.45, 2.75) is 19.4 Å². The molecule has 0 aliphatic rings. The highest BCUT2D eigenvalue weighted by Crippen LogP contribution is 2.23. The Morgan fingerprint density at radius 2 is 2.17 bits per heavy atom. The molecule has 1 rings (SSSR count). The number of hydrogen-bond donors (Lipinski definition) is 2. The lowest BCUT2D eigenvalue weighted by molar-refractivity contribution is 0.194. The van der Waals surface area contributed by atoms with Gasteiger partial charge in [0.15, 0.2) is 0 Å². The summed E-state index contributed by atoms with van der Waals surface area (Å²) in [6.45, 7) is 1.70. The average molecular weight is 231 g/mol. The average Bonchev–Trinajstić information content (AvgIpc) is 1.94. The van der Waals surface area contributed by atoms with Crippen LogP contribution in [0.1, 0.15) is 12.5 Å². The van der Waals surface area contributed by atoms with E-state index < -0.39 is 6.10 Å². The second kappa shape index (κ2) is 3.92. The third-order valence-corrected chi connectivity index (χ3v) is 2.06. The number of aliphatic hydroxyl groups is 1. The van der Waals surface area contributed by atoms with Crippen molar-refractivity contribution in [3.63, 3.8) is 0 Å². The normalized spacial score (nSPS) is 12.9. The smallest absolute Gasteiger partial charge is 0.119 e. The third kappa shape index (κ3) is 2.50. The standard InChI is InChI=1S/C9H11BrO2/c1-6(11)4-7-2-3-8(10)5-9(7)12/h2-3,5-6,11-12H,4H2,1H3/t6-/m0/s1. The topological polar surface area (TPSA) is 40.5 Å². The fourth-order valence-corrected chi connectivity index (χ4v) is 1.38. The van der Waals surface area contributed by atoms with Crippen LogP contribution in [0.5, 0.6) is 5.75 Å². The van der Waals surface area contributed by atoms with Gasteiger partial charge in [-0.25, -0.2) is 0 Å². The molecule has 0 heterocycles. The zero-order valence-electron chi connectivity index (χ0n) is 6.79. The van der Waals surface area contributed by atoms with Crippen LogP contribution in [0.25, 0.3) is 0 Å². The molecule has 0 saturated heterocycles. The lowest BCUT2D eigenvalue weighted by Gasteiger charge is -2.06. The molecule has 1 aromatic carbocycles. The molecule has 0 bridgehead atoms. The zero-order valence-corrected chi connectivity index (χ0v) is 8.37. The Labute approximate surface area is 80.0 Å². The number of benzene rings is 1. The SMILES string of the molecule is C[C@H](O)Cc1ccc(Br)cc1O. The van der Waals surface area contributed by atoms with E-state index in [1.807, 2.05) is 6.07 Å². The highest BCUT2D eigenvalue weighted by molar-refractivity contribution is 9.10. The van der Waals surface area contributed by atoms with E-state index in [9.17, 15) is 5.11 Å². The van der Waals surface area contributed by atoms with E-state index in [1.165, 1.54) is 0 Å². The summed E-state index contributed by atoms with van der Waals surface area (Å²) in [6, 6.07) is 5.27. The summed E-state index contributed by atoms with van der Waals surface area (Å²) >= 11 is 3.24. The van der Waals surface area contributed by atoms with Crippen LogP contribution in [0.4, 0.5) is 0 Å². The molecule has 0 saturated carbocycles. The molecule has 3 heteroatoms. The lowest BCUT2D eigenvalue weighted by atomic mass is 10.1. The maximum Gasteiger partial charge on any atom is 0.119 e. The van der Waals surface area contributed by atoms with Gasteiger partial charge < -0.3 is 10.2 Å². The van der Waals surface area contributed by atoms with Crippen molar-refractivity contribution in [1.82, 2.24) is 0 Å². The maximum absolute atomic E-state index is 9.40. The first-order valence-electron chi connectivity index (χ1n) is 3.75. The lowest BCUT2D eigenvalue weighted by Crippen LogP contribution is -2.03. The highest BCUT2D eigenvalue weighted by Gasteiger charge is 2.04. The van der Waals surface area contributed by atoms with Crippen molar-refractivity contribution < 1.29 is 10.2 Å². The second-order valence-electron chi connectivity index (χ2n) is 2.83. The molecule has 12 heavy (non-hydrogen) atoms. The quantitative estimate of drug-likeness (QED) is 0.817. The van der Waals surface area contributed by atoms with Gasteiger partial charge in [-0.05, 0) is 24.6 Å². The summed E-state index contributed by atoms with van der Waals surface area (Å²) in [5, 5.41) is 18.5. The molecule has 66 valence electrons. The van der Waals surface area contributed by atoms with E-state index in [0.717, 1.165) is 10.0 Å². The van der Waals surface area contributed by atoms with Gasteiger partial charge in [-0.3, -0.25) is 0 Å². The number of phenols is 1. The molecule has 0 unspecified atom stereocenters. The van der Waals surface area contributed by atoms with Gasteiger partial charge in [0.05, 0.1) is 6.10 Å². The molecular formula is C9H11BrO2. The van der Waals surface area contributed by atoms with Gasteiger partial charge >= 0.3 is 0 Å². The predicted molar refractivity (Wildman–Crippen MR) is 51.2 cm³/mol. The van der Waals surface area contributed by atoms with Crippen LogP contribution in [0.15, 0.2) is 22.7 Å². The Hall–Kier alpha value is -0.540. The van der Waals surface area contributed by atoms with E-state index in [0.29, 0.717) is 6.42 Å². The van der Waals surface area contributed by atoms with E-state index in [2.05, 4.69) is 15.9 Å². The Morgan fingerprint density at radius 1 is 1.50 bits per heavy atom. The van der Waals surface area contributed by atoms with Crippen LogP contribution in [0.2, 0.25) is 0 Å². The van der Waals surface area contributed by atoms with E-state index in [-0.39, 0.29) is 5.75 Å². The molecule has 2 N–H and O–H groups in total. The summed E-state index contributed by atoms with van der Waals surface area (Å²) < 4.78 is 0.842. The first-order valence-corrected chi connectivity index (χ1v) is 4.54. The third-order valence-electron chi connectivity index (χ3n) is 1.56. The molecule has 0 amide bonds. The summed E-state index contributed by atoms with van der Waals surface area (Å²) in [6.07, 6.45) is 0.0659. The van der Waals surface area contributed by atoms with Gasteiger partial charge in [0, 0.05) is 10.9 Å². The minimum Gasteiger partial charge on any atom is -0.508 e. The second-order valence-corrected chi connectivity index (χ2v) is 3.74. The summed E-state index contributed by atoms with van der Waals surface area (Å²) in [5.41, 5.74) is 0.771. The predicted octanol–water partition coefficient (Wildman–Crippen LogP) is 2.08. The van der Waals surface area contributed by atoms with Crippen molar-refractivity contribution in [2.24, 2.45) is 0 Å². The highest BCUT2D eigenvalue weighted by atomic mass is 79.9. The number of aromatic hydroxyl groups is 1. The van der Waals surface area contributed by atoms with Gasteiger partial charge in [-0.2, -0.15) is 0 Å². The van der Waals surface area contributed by atoms with Crippen molar-refractivity contribution in [2.75, 3.05) is 0 Å². The van der Waals surface area contributed by atoms with Crippen molar-refractivity contribution in [3.05, 3.63) is 28.2 Å². The summed E-state index contributed by atoms with van der Waals surface area (Å²) in [5.74, 6) is 0.227. The van der Waals surface area contributed by atoms with Crippen molar-refractivity contribution in [3.8, 4) is 5.75 Å². The van der Waals surface area contributed by atoms with Crippen LogP contribution in [-0.4, -0.2) is 16.3 Å². The summed E-state index contributed by atoms with van der Waals surface area (Å²) in [7, 11) is 0. The molecule has 0 radical (unpaired) electrons. The Kier molecular flexibility index (Phi) is 3.12. The molecule has 0 aliphatic carbocycles. The number of hydrogen-bond acceptors (Lipinski definition) is 2. The van der Waals surface area contributed by atoms with Crippen LogP contribution in [0, 0.1) is 0 Å². The first kappa shape index (κ1) is 9.55. The molecule has 0 spiro atoms. The Balaban J connectivity index is 2.86. The maximum atomic E-state index is 9.40. The Bertz CT molecular complexity index is 271. The number of rotatable bonds is 2. The fraction of sp³-hybridized carbons (Fsp3) is 0.333. The number of aliphatic hydroxyl groups excluding tert-OH is 1. The molecule has 0 aromatic heterocycles. The van der Waals surface area contributed by atoms with Crippen molar-refractivity contribution >= 4 is 15.9 Å². The minimum absolute atomic E-state index is 0.227. The van der Waals surface area contributed by atoms with Crippen LogP contribution in [0.3, 0.4) is 0 Å². The van der Waals surface area contributed by atoms with Crippen LogP contribution >= 0.6 is 15.9 Å². The first-order chi connectivity index (χ1) is 5.59.